The lowest BCUT2D eigenvalue weighted by Crippen LogP contribution is -2.46. The fraction of sp³-hybridized carbons (Fsp3) is 1.00. The second-order valence-corrected chi connectivity index (χ2v) is 5.70. The van der Waals surface area contributed by atoms with Crippen LogP contribution in [0.5, 0.6) is 0 Å². The molecule has 0 saturated heterocycles. The number of hydrogen-bond acceptors (Lipinski definition) is 1. The summed E-state index contributed by atoms with van der Waals surface area (Å²) in [6.07, 6.45) is 4.10. The van der Waals surface area contributed by atoms with Gasteiger partial charge in [0.15, 0.2) is 0 Å². The Bertz CT molecular complexity index is 159. The zero-order chi connectivity index (χ0) is 10.1. The van der Waals surface area contributed by atoms with Crippen LogP contribution < -0.4 is 0 Å². The fourth-order valence-electron chi connectivity index (χ4n) is 2.83. The van der Waals surface area contributed by atoms with Crippen LogP contribution in [0.2, 0.25) is 0 Å². The number of hydrogen-bond donors (Lipinski definition) is 0. The molecule has 0 aromatic heterocycles. The smallest absolute Gasteiger partial charge is 0.121 e. The Labute approximate surface area is 86.8 Å². The van der Waals surface area contributed by atoms with Gasteiger partial charge < -0.3 is 4.74 Å². The van der Waals surface area contributed by atoms with Crippen molar-refractivity contribution in [3.8, 4) is 0 Å². The van der Waals surface area contributed by atoms with Gasteiger partial charge in [0, 0.05) is 0 Å². The quantitative estimate of drug-likeness (QED) is 0.622. The van der Waals surface area contributed by atoms with E-state index in [-0.39, 0.29) is 10.8 Å². The predicted octanol–water partition coefficient (Wildman–Crippen LogP) is 3.80. The van der Waals surface area contributed by atoms with Crippen LogP contribution >= 0.6 is 11.6 Å². The van der Waals surface area contributed by atoms with Gasteiger partial charge in [-0.15, -0.1) is 0 Å². The Morgan fingerprint density at radius 1 is 1.15 bits per heavy atom. The molecule has 1 saturated carbocycles. The molecule has 1 aliphatic carbocycles. The van der Waals surface area contributed by atoms with E-state index in [1.54, 1.807) is 0 Å². The highest BCUT2D eigenvalue weighted by Crippen LogP contribution is 2.47. The molecule has 2 heteroatoms. The highest BCUT2D eigenvalue weighted by atomic mass is 35.5. The standard InChI is InChI=1S/C11H21ClO/c1-10(2)6-5-7-11(3,4)9(10)13-8-12/h9H,5-8H2,1-4H3. The Balaban J connectivity index is 2.78. The largest absolute Gasteiger partial charge is 0.361 e. The van der Waals surface area contributed by atoms with E-state index in [4.69, 9.17) is 16.3 Å². The van der Waals surface area contributed by atoms with Gasteiger partial charge in [-0.1, -0.05) is 45.7 Å². The second kappa shape index (κ2) is 3.78. The molecular formula is C11H21ClO. The molecule has 0 aromatic carbocycles. The highest BCUT2D eigenvalue weighted by Gasteiger charge is 2.44. The van der Waals surface area contributed by atoms with E-state index in [0.717, 1.165) is 0 Å². The number of alkyl halides is 1. The van der Waals surface area contributed by atoms with Crippen LogP contribution in [0.15, 0.2) is 0 Å². The van der Waals surface area contributed by atoms with Crippen LogP contribution in [-0.2, 0) is 4.74 Å². The summed E-state index contributed by atoms with van der Waals surface area (Å²) in [5.74, 6) is 0. The van der Waals surface area contributed by atoms with Crippen molar-refractivity contribution >= 4 is 11.6 Å². The summed E-state index contributed by atoms with van der Waals surface area (Å²) in [7, 11) is 0. The van der Waals surface area contributed by atoms with Gasteiger partial charge in [0.1, 0.15) is 6.07 Å². The van der Waals surface area contributed by atoms with Crippen molar-refractivity contribution in [3.05, 3.63) is 0 Å². The summed E-state index contributed by atoms with van der Waals surface area (Å²) in [5.41, 5.74) is 0.549. The topological polar surface area (TPSA) is 9.23 Å². The maximum Gasteiger partial charge on any atom is 0.121 e. The third-order valence-electron chi connectivity index (χ3n) is 3.29. The average Bonchev–Trinajstić information content (AvgIpc) is 1.96. The zero-order valence-corrected chi connectivity index (χ0v) is 9.95. The minimum absolute atomic E-state index is 0.274. The minimum Gasteiger partial charge on any atom is -0.361 e. The molecule has 1 aliphatic rings. The maximum absolute atomic E-state index is 5.68. The first kappa shape index (κ1) is 11.3. The van der Waals surface area contributed by atoms with Crippen LogP contribution in [0, 0.1) is 10.8 Å². The van der Waals surface area contributed by atoms with Gasteiger partial charge in [0.05, 0.1) is 6.10 Å². The molecule has 0 aliphatic heterocycles. The van der Waals surface area contributed by atoms with Crippen molar-refractivity contribution < 1.29 is 4.74 Å². The molecule has 13 heavy (non-hydrogen) atoms. The Morgan fingerprint density at radius 2 is 1.62 bits per heavy atom. The molecule has 0 amide bonds. The lowest BCUT2D eigenvalue weighted by atomic mass is 9.63. The zero-order valence-electron chi connectivity index (χ0n) is 9.19. The molecule has 0 unspecified atom stereocenters. The van der Waals surface area contributed by atoms with Crippen LogP contribution in [0.4, 0.5) is 0 Å². The van der Waals surface area contributed by atoms with Crippen molar-refractivity contribution in [2.75, 3.05) is 6.07 Å². The van der Waals surface area contributed by atoms with Crippen LogP contribution in [0.3, 0.4) is 0 Å². The molecule has 0 heterocycles. The van der Waals surface area contributed by atoms with E-state index in [0.29, 0.717) is 12.2 Å². The average molecular weight is 205 g/mol. The van der Waals surface area contributed by atoms with E-state index in [9.17, 15) is 0 Å². The second-order valence-electron chi connectivity index (χ2n) is 5.49. The summed E-state index contributed by atoms with van der Waals surface area (Å²) in [5, 5.41) is 0. The van der Waals surface area contributed by atoms with Gasteiger partial charge in [-0.3, -0.25) is 0 Å². The van der Waals surface area contributed by atoms with Gasteiger partial charge >= 0.3 is 0 Å². The lowest BCUT2D eigenvalue weighted by Gasteiger charge is -2.48. The fourth-order valence-corrected chi connectivity index (χ4v) is 2.96. The molecule has 78 valence electrons. The number of rotatable bonds is 2. The predicted molar refractivity (Wildman–Crippen MR) is 57.0 cm³/mol. The van der Waals surface area contributed by atoms with E-state index < -0.39 is 0 Å². The third kappa shape index (κ3) is 2.38. The van der Waals surface area contributed by atoms with Gasteiger partial charge in [-0.2, -0.15) is 0 Å². The van der Waals surface area contributed by atoms with E-state index >= 15 is 0 Å². The maximum atomic E-state index is 5.68. The number of halogens is 1. The van der Waals surface area contributed by atoms with Gasteiger partial charge in [-0.25, -0.2) is 0 Å². The minimum atomic E-state index is 0.274. The first-order valence-electron chi connectivity index (χ1n) is 5.08. The Kier molecular flexibility index (Phi) is 3.29. The van der Waals surface area contributed by atoms with Gasteiger partial charge in [0.2, 0.25) is 0 Å². The Hall–Kier alpha value is 0.250. The number of ether oxygens (including phenoxy) is 1. The molecule has 0 N–H and O–H groups in total. The molecule has 0 spiro atoms. The lowest BCUT2D eigenvalue weighted by molar-refractivity contribution is -0.107. The van der Waals surface area contributed by atoms with Crippen molar-refractivity contribution in [1.29, 1.82) is 0 Å². The van der Waals surface area contributed by atoms with Crippen molar-refractivity contribution in [2.24, 2.45) is 10.8 Å². The molecule has 0 aromatic rings. The SMILES string of the molecule is CC1(C)CCCC(C)(C)C1OCCl. The van der Waals surface area contributed by atoms with Crippen LogP contribution in [-0.4, -0.2) is 12.2 Å². The third-order valence-corrected chi connectivity index (χ3v) is 3.42. The van der Waals surface area contributed by atoms with Crippen molar-refractivity contribution in [1.82, 2.24) is 0 Å². The normalized spacial score (nSPS) is 27.5. The van der Waals surface area contributed by atoms with Crippen LogP contribution in [0.25, 0.3) is 0 Å². The van der Waals surface area contributed by atoms with Crippen molar-refractivity contribution in [2.45, 2.75) is 53.1 Å². The summed E-state index contributed by atoms with van der Waals surface area (Å²) < 4.78 is 5.68. The molecule has 1 fully saturated rings. The summed E-state index contributed by atoms with van der Waals surface area (Å²) >= 11 is 5.67. The molecular weight excluding hydrogens is 184 g/mol. The van der Waals surface area contributed by atoms with Gasteiger partial charge in [-0.05, 0) is 23.7 Å². The highest BCUT2D eigenvalue weighted by molar-refractivity contribution is 6.17. The first-order valence-corrected chi connectivity index (χ1v) is 5.61. The van der Waals surface area contributed by atoms with E-state index in [1.807, 2.05) is 0 Å². The summed E-state index contributed by atoms with van der Waals surface area (Å²) in [4.78, 5) is 0. The Morgan fingerprint density at radius 3 is 2.00 bits per heavy atom. The molecule has 0 bridgehead atoms. The molecule has 0 radical (unpaired) electrons. The summed E-state index contributed by atoms with van der Waals surface area (Å²) in [6, 6.07) is 0.317. The van der Waals surface area contributed by atoms with Gasteiger partial charge in [0.25, 0.3) is 0 Å². The molecule has 0 atom stereocenters. The van der Waals surface area contributed by atoms with E-state index in [1.165, 1.54) is 19.3 Å². The molecule has 1 nitrogen and oxygen atoms in total. The summed E-state index contributed by atoms with van der Waals surface area (Å²) in [6.45, 7) is 9.13. The molecule has 1 rings (SSSR count). The van der Waals surface area contributed by atoms with Crippen molar-refractivity contribution in [3.63, 3.8) is 0 Å². The van der Waals surface area contributed by atoms with E-state index in [2.05, 4.69) is 27.7 Å². The van der Waals surface area contributed by atoms with Crippen LogP contribution in [0.1, 0.15) is 47.0 Å². The first-order chi connectivity index (χ1) is 5.90. The monoisotopic (exact) mass is 204 g/mol.